The van der Waals surface area contributed by atoms with Crippen molar-refractivity contribution in [2.45, 2.75) is 119 Å². The molecule has 0 saturated carbocycles. The maximum Gasteiger partial charge on any atom is 0.231 e. The second-order valence-electron chi connectivity index (χ2n) is 31.7. The Hall–Kier alpha value is -14.1. The zero-order chi connectivity index (χ0) is 96.1. The van der Waals surface area contributed by atoms with Crippen molar-refractivity contribution in [3.63, 3.8) is 0 Å². The molecule has 0 radical (unpaired) electrons. The Morgan fingerprint density at radius 3 is 0.917 bits per heavy atom. The van der Waals surface area contributed by atoms with Crippen LogP contribution >= 0.6 is 34.0 Å². The fourth-order valence-corrected chi connectivity index (χ4v) is 15.2. The summed E-state index contributed by atoms with van der Waals surface area (Å²) in [6.07, 6.45) is 28.5. The normalized spacial score (nSPS) is 12.5. The molecule has 0 aromatic carbocycles. The lowest BCUT2D eigenvalue weighted by Gasteiger charge is -2.21. The van der Waals surface area contributed by atoms with Crippen molar-refractivity contribution in [3.8, 4) is 0 Å². The topological polar surface area (TPSA) is 574 Å². The standard InChI is InChI=1S/C15H24N6S.C13H20N6S.C13H20N6.C12H18N6S.C12H18N6.2C11H16N6/c1-11-7-8-12(22-11)9-10-21(6)15-17-13(19(2)3)16-14(18-15)20(4)5;1-9-5-6-10(20-9)7-8-19(4)13-16-11(14)15-12(17-13)18(2)3;1-9-5-4-6-10(9)7-8-15-12-16-11(14)17-13(18-12)19(2)3;1-8-4-5-9(19-8)6-7-15-12-17-10(13-2)16-11(14-3)18-12;1-8-4-3-5-9(8)6-7-18(2)12-16-10(13)15-11(14)17-12;2*1-7-3-2-4-8(7)5-6-14-11-16-9(12)15-10(13)17-11/h7-8H,9-10H2,1-6H3;5-6H,7-8H2,1-4H3,(H2,14,15,16,17);4,6H,5,7-8H2,1-3H3,(H3,14,15,16,17,18);4-5H,6-7H2,1-3H3,(H3,13,14,15,16,17,18);3,5H,4,6-7H2,1-2H3,(H4,13,14,15,16,17);3-4H,2,5-6H2,1H3,(H5,12,13,14,15,16,17);2,4H,3,5-6H2,1H3,(H5,12,13,14,15,16,17). The molecule has 45 heteroatoms. The zero-order valence-corrected chi connectivity index (χ0v) is 82.1. The number of nitrogens with two attached hydrogens (primary N) is 8. The lowest BCUT2D eigenvalue weighted by molar-refractivity contribution is 0.819. The first-order valence-electron chi connectivity index (χ1n) is 43.0. The van der Waals surface area contributed by atoms with Crippen molar-refractivity contribution >= 4 is 159 Å². The van der Waals surface area contributed by atoms with E-state index in [1.165, 1.54) is 73.8 Å². The molecule has 10 aromatic heterocycles. The minimum Gasteiger partial charge on any atom is -0.368 e. The summed E-state index contributed by atoms with van der Waals surface area (Å²) in [5.41, 5.74) is 55.5. The summed E-state index contributed by atoms with van der Waals surface area (Å²) in [5.74, 6) is 8.69. The largest absolute Gasteiger partial charge is 0.368 e. The van der Waals surface area contributed by atoms with E-state index >= 15 is 0 Å². The fourth-order valence-electron chi connectivity index (χ4n) is 12.6. The van der Waals surface area contributed by atoms with Gasteiger partial charge in [0, 0.05) is 167 Å². The first-order chi connectivity index (χ1) is 62.9. The maximum absolute atomic E-state index is 5.73. The molecule has 0 saturated heterocycles. The van der Waals surface area contributed by atoms with E-state index in [0.29, 0.717) is 77.3 Å². The minimum atomic E-state index is 0.135. The number of aromatic nitrogens is 21. The Bertz CT molecular complexity index is 5520. The third-order valence-electron chi connectivity index (χ3n) is 19.9. The number of aryl methyl sites for hydroxylation is 3. The van der Waals surface area contributed by atoms with Crippen LogP contribution in [-0.2, 0) is 19.3 Å². The van der Waals surface area contributed by atoms with Gasteiger partial charge in [-0.15, -0.1) is 34.0 Å². The number of thiophene rings is 3. The van der Waals surface area contributed by atoms with Gasteiger partial charge in [0.05, 0.1) is 0 Å². The molecule has 0 unspecified atom stereocenters. The second kappa shape index (κ2) is 51.9. The lowest BCUT2D eigenvalue weighted by atomic mass is 10.1. The number of nitrogens with one attached hydrogen (secondary N) is 6. The summed E-state index contributed by atoms with van der Waals surface area (Å²) in [7, 11) is 24.7. The van der Waals surface area contributed by atoms with Crippen LogP contribution in [-0.4, -0.2) is 242 Å². The van der Waals surface area contributed by atoms with Gasteiger partial charge in [-0.05, 0) is 178 Å². The number of allylic oxidation sites excluding steroid dienone is 12. The molecule has 10 aromatic rings. The average molecular weight is 1860 g/mol. The molecule has 0 aliphatic heterocycles. The number of hydrogen-bond donors (Lipinski definition) is 14. The van der Waals surface area contributed by atoms with Gasteiger partial charge in [-0.1, -0.05) is 70.9 Å². The Labute approximate surface area is 786 Å². The van der Waals surface area contributed by atoms with E-state index in [4.69, 9.17) is 45.9 Å². The number of nitrogens with zero attached hydrogens (tertiary/aromatic N) is 28. The van der Waals surface area contributed by atoms with Crippen LogP contribution in [0.5, 0.6) is 0 Å². The number of nitrogen functional groups attached to an aromatic ring is 8. The third kappa shape index (κ3) is 35.4. The SMILES string of the molecule is CC1=C(CCN(C)c2nc(N)nc(N)n2)C=CC1.CC1=C(CCNc2nc(N)nc(N(C)C)n2)C=CC1.CC1=C(CCNc2nc(N)nc(N)n2)C=CC1.CC1=CCC=C1CCNc1nc(N)nc(N)n1.CNc1nc(NC)nc(NCCc2ccc(C)s2)n1.Cc1ccc(CCN(C)c2nc(N(C)C)nc(N(C)C)n2)s1.Cc1ccc(CCN(C)c2nc(N)nc(N(C)C)n2)s1. The van der Waals surface area contributed by atoms with Crippen molar-refractivity contribution < 1.29 is 0 Å². The first-order valence-corrected chi connectivity index (χ1v) is 45.5. The van der Waals surface area contributed by atoms with Gasteiger partial charge in [0.1, 0.15) is 0 Å². The lowest BCUT2D eigenvalue weighted by Crippen LogP contribution is -2.26. The van der Waals surface area contributed by atoms with Crippen LogP contribution in [0.4, 0.5) is 125 Å². The molecule has 42 nitrogen and oxygen atoms in total. The fraction of sp³-hybridized carbons (Fsp3) is 0.437. The number of hydrogen-bond acceptors (Lipinski definition) is 45. The molecule has 0 spiro atoms. The molecule has 0 fully saturated rings. The van der Waals surface area contributed by atoms with E-state index in [0.717, 1.165) is 116 Å². The van der Waals surface area contributed by atoms with Crippen LogP contribution in [0, 0.1) is 20.8 Å². The van der Waals surface area contributed by atoms with Crippen LogP contribution in [0.2, 0.25) is 0 Å². The molecule has 708 valence electrons. The number of likely N-dealkylation sites (N-methyl/N-ethyl adjacent to an activating group) is 2. The van der Waals surface area contributed by atoms with E-state index in [1.54, 1.807) is 19.0 Å². The van der Waals surface area contributed by atoms with E-state index in [2.05, 4.69) is 275 Å². The van der Waals surface area contributed by atoms with E-state index in [9.17, 15) is 0 Å². The second-order valence-corrected chi connectivity index (χ2v) is 35.8. The Morgan fingerprint density at radius 1 is 0.288 bits per heavy atom. The van der Waals surface area contributed by atoms with Gasteiger partial charge < -0.3 is 112 Å². The van der Waals surface area contributed by atoms with Gasteiger partial charge in [0.2, 0.25) is 125 Å². The van der Waals surface area contributed by atoms with E-state index in [1.807, 2.05) is 136 Å². The summed E-state index contributed by atoms with van der Waals surface area (Å²) < 4.78 is 0. The van der Waals surface area contributed by atoms with Gasteiger partial charge in [0.25, 0.3) is 0 Å². The smallest absolute Gasteiger partial charge is 0.231 e. The maximum atomic E-state index is 5.73. The first kappa shape index (κ1) is 103. The average Bonchev–Trinajstić information content (AvgIpc) is 1.66. The van der Waals surface area contributed by atoms with Crippen molar-refractivity contribution in [1.82, 2.24) is 105 Å². The Kier molecular flexibility index (Phi) is 40.6. The van der Waals surface area contributed by atoms with Crippen molar-refractivity contribution in [1.29, 1.82) is 0 Å². The molecule has 0 atom stereocenters. The summed E-state index contributed by atoms with van der Waals surface area (Å²) in [5, 5.41) is 18.4. The van der Waals surface area contributed by atoms with Crippen LogP contribution in [0.3, 0.4) is 0 Å². The van der Waals surface area contributed by atoms with Gasteiger partial charge in [0.15, 0.2) is 0 Å². The van der Waals surface area contributed by atoms with E-state index in [-0.39, 0.29) is 47.6 Å². The molecule has 10 heterocycles. The molecule has 14 rings (SSSR count). The van der Waals surface area contributed by atoms with Gasteiger partial charge in [-0.2, -0.15) is 105 Å². The molecule has 22 N–H and O–H groups in total. The molecule has 132 heavy (non-hydrogen) atoms. The number of rotatable bonds is 34. The van der Waals surface area contributed by atoms with Crippen LogP contribution in [0.1, 0.15) is 108 Å². The quantitative estimate of drug-likeness (QED) is 0.0178. The Balaban J connectivity index is 0.000000190. The van der Waals surface area contributed by atoms with Crippen LogP contribution in [0.15, 0.2) is 130 Å². The van der Waals surface area contributed by atoms with Crippen LogP contribution in [0.25, 0.3) is 0 Å². The van der Waals surface area contributed by atoms with Crippen molar-refractivity contribution in [2.24, 2.45) is 0 Å². The summed E-state index contributed by atoms with van der Waals surface area (Å²) in [4.78, 5) is 108. The number of anilines is 21. The molecule has 0 amide bonds. The Morgan fingerprint density at radius 2 is 0.568 bits per heavy atom. The van der Waals surface area contributed by atoms with Crippen LogP contribution < -0.4 is 112 Å². The van der Waals surface area contributed by atoms with Crippen molar-refractivity contribution in [3.05, 3.63) is 159 Å². The molecule has 4 aliphatic rings. The highest BCUT2D eigenvalue weighted by Gasteiger charge is 2.18. The molecule has 4 aliphatic carbocycles. The molecular weight excluding hydrogens is 1730 g/mol. The monoisotopic (exact) mass is 1860 g/mol. The predicted octanol–water partition coefficient (Wildman–Crippen LogP) is 10.6. The predicted molar refractivity (Wildman–Crippen MR) is 547 cm³/mol. The highest BCUT2D eigenvalue weighted by Crippen LogP contribution is 2.28. The molecular formula is C87H132N42S3. The summed E-state index contributed by atoms with van der Waals surface area (Å²) in [6, 6.07) is 13.0. The molecule has 0 bridgehead atoms. The summed E-state index contributed by atoms with van der Waals surface area (Å²) >= 11 is 5.49. The minimum absolute atomic E-state index is 0.135. The van der Waals surface area contributed by atoms with Gasteiger partial charge in [-0.25, -0.2) is 0 Å². The van der Waals surface area contributed by atoms with Gasteiger partial charge >= 0.3 is 0 Å². The third-order valence-corrected chi connectivity index (χ3v) is 23.1. The van der Waals surface area contributed by atoms with Crippen molar-refractivity contribution in [2.75, 3.05) is 250 Å². The van der Waals surface area contributed by atoms with E-state index < -0.39 is 0 Å². The zero-order valence-electron chi connectivity index (χ0n) is 79.7. The van der Waals surface area contributed by atoms with Gasteiger partial charge in [-0.3, -0.25) is 0 Å². The highest BCUT2D eigenvalue weighted by atomic mass is 32.1. The summed E-state index contributed by atoms with van der Waals surface area (Å²) in [6.45, 7) is 20.6. The highest BCUT2D eigenvalue weighted by molar-refractivity contribution is 7.12.